The maximum atomic E-state index is 14.7. The van der Waals surface area contributed by atoms with Crippen LogP contribution >= 0.6 is 22.6 Å². The highest BCUT2D eigenvalue weighted by Gasteiger charge is 2.39. The van der Waals surface area contributed by atoms with Crippen LogP contribution in [0.25, 0.3) is 10.8 Å². The summed E-state index contributed by atoms with van der Waals surface area (Å²) >= 11 is 2.01. The zero-order valence-electron chi connectivity index (χ0n) is 19.4. The number of fused-ring (bicyclic) bond motifs is 1. The van der Waals surface area contributed by atoms with Crippen molar-refractivity contribution in [2.24, 2.45) is 7.05 Å². The normalized spacial score (nSPS) is 17.1. The lowest BCUT2D eigenvalue weighted by atomic mass is 9.89. The van der Waals surface area contributed by atoms with Gasteiger partial charge in [0, 0.05) is 59.9 Å². The van der Waals surface area contributed by atoms with Crippen molar-refractivity contribution < 1.29 is 12.8 Å². The third-order valence-corrected chi connectivity index (χ3v) is 9.01. The van der Waals surface area contributed by atoms with Gasteiger partial charge in [0.1, 0.15) is 11.6 Å². The molecular formula is C23H25FIN5O4S. The number of rotatable bonds is 6. The van der Waals surface area contributed by atoms with Crippen LogP contribution in [0.4, 0.5) is 15.9 Å². The first-order valence-electron chi connectivity index (χ1n) is 11.2. The molecule has 2 aliphatic rings. The molecule has 9 nitrogen and oxygen atoms in total. The van der Waals surface area contributed by atoms with Gasteiger partial charge in [-0.15, -0.1) is 0 Å². The van der Waals surface area contributed by atoms with E-state index in [-0.39, 0.29) is 47.7 Å². The van der Waals surface area contributed by atoms with Crippen molar-refractivity contribution >= 4 is 55.1 Å². The molecule has 0 atom stereocenters. The molecule has 0 spiro atoms. The summed E-state index contributed by atoms with van der Waals surface area (Å²) < 4.78 is 46.5. The summed E-state index contributed by atoms with van der Waals surface area (Å²) in [5.74, 6) is -0.459. The molecule has 186 valence electrons. The minimum Gasteiger partial charge on any atom is -0.338 e. The molecule has 35 heavy (non-hydrogen) atoms. The summed E-state index contributed by atoms with van der Waals surface area (Å²) in [5, 5.41) is 3.82. The lowest BCUT2D eigenvalue weighted by Gasteiger charge is -2.38. The fourth-order valence-corrected chi connectivity index (χ4v) is 6.13. The number of aryl methyl sites for hydroxylation is 1. The van der Waals surface area contributed by atoms with Crippen LogP contribution in [0.2, 0.25) is 0 Å². The van der Waals surface area contributed by atoms with Gasteiger partial charge in [-0.25, -0.2) is 9.11 Å². The Morgan fingerprint density at radius 2 is 1.80 bits per heavy atom. The van der Waals surface area contributed by atoms with Crippen molar-refractivity contribution in [2.75, 3.05) is 25.5 Å². The van der Waals surface area contributed by atoms with Crippen LogP contribution in [-0.4, -0.2) is 42.0 Å². The zero-order chi connectivity index (χ0) is 25.2. The summed E-state index contributed by atoms with van der Waals surface area (Å²) in [7, 11) is -0.648. The monoisotopic (exact) mass is 613 g/mol. The highest BCUT2D eigenvalue weighted by molar-refractivity contribution is 14.1. The minimum absolute atomic E-state index is 0.0586. The van der Waals surface area contributed by atoms with Gasteiger partial charge >= 0.3 is 0 Å². The molecule has 2 N–H and O–H groups in total. The van der Waals surface area contributed by atoms with Gasteiger partial charge in [0.15, 0.2) is 0 Å². The second-order valence-corrected chi connectivity index (χ2v) is 12.2. The molecule has 1 aliphatic carbocycles. The lowest BCUT2D eigenvalue weighted by molar-refractivity contribution is 0.262. The van der Waals surface area contributed by atoms with E-state index in [0.717, 1.165) is 22.0 Å². The van der Waals surface area contributed by atoms with E-state index < -0.39 is 16.0 Å². The maximum Gasteiger partial charge on any atom is 0.279 e. The molecule has 1 saturated heterocycles. The molecule has 0 bridgehead atoms. The molecule has 0 unspecified atom stereocenters. The van der Waals surface area contributed by atoms with Gasteiger partial charge in [0.25, 0.3) is 21.3 Å². The highest BCUT2D eigenvalue weighted by Crippen LogP contribution is 2.39. The summed E-state index contributed by atoms with van der Waals surface area (Å²) in [6.07, 6.45) is 3.53. The molecule has 0 amide bonds. The van der Waals surface area contributed by atoms with E-state index >= 15 is 0 Å². The van der Waals surface area contributed by atoms with E-state index in [0.29, 0.717) is 16.3 Å². The van der Waals surface area contributed by atoms with Crippen LogP contribution < -0.4 is 21.2 Å². The average molecular weight is 613 g/mol. The first-order chi connectivity index (χ1) is 16.5. The Balaban J connectivity index is 1.74. The largest absolute Gasteiger partial charge is 0.338 e. The minimum atomic E-state index is -3.57. The lowest BCUT2D eigenvalue weighted by Crippen LogP contribution is -2.52. The van der Waals surface area contributed by atoms with E-state index in [1.165, 1.54) is 22.0 Å². The van der Waals surface area contributed by atoms with E-state index in [2.05, 4.69) is 10.0 Å². The quantitative estimate of drug-likeness (QED) is 0.417. The Morgan fingerprint density at radius 3 is 2.40 bits per heavy atom. The molecule has 0 radical (unpaired) electrons. The van der Waals surface area contributed by atoms with E-state index in [1.54, 1.807) is 36.9 Å². The van der Waals surface area contributed by atoms with Gasteiger partial charge in [-0.1, -0.05) is 0 Å². The third kappa shape index (κ3) is 4.09. The van der Waals surface area contributed by atoms with E-state index in [1.807, 2.05) is 22.6 Å². The number of aromatic nitrogens is 2. The fourth-order valence-electron chi connectivity index (χ4n) is 4.66. The van der Waals surface area contributed by atoms with Crippen molar-refractivity contribution in [3.63, 3.8) is 0 Å². The van der Waals surface area contributed by atoms with E-state index in [9.17, 15) is 22.4 Å². The van der Waals surface area contributed by atoms with Gasteiger partial charge in [0.05, 0.1) is 11.1 Å². The summed E-state index contributed by atoms with van der Waals surface area (Å²) in [5.41, 5.74) is 0.756. The molecule has 2 aromatic heterocycles. The number of benzene rings is 1. The molecule has 12 heteroatoms. The van der Waals surface area contributed by atoms with Crippen molar-refractivity contribution in [1.29, 1.82) is 0 Å². The Bertz CT molecular complexity index is 1590. The Morgan fingerprint density at radius 1 is 1.11 bits per heavy atom. The first kappa shape index (κ1) is 24.4. The Hall–Kier alpha value is -2.29. The Labute approximate surface area is 215 Å². The third-order valence-electron chi connectivity index (χ3n) is 6.85. The van der Waals surface area contributed by atoms with Crippen LogP contribution in [0.5, 0.6) is 0 Å². The second-order valence-electron chi connectivity index (χ2n) is 9.09. The summed E-state index contributed by atoms with van der Waals surface area (Å²) in [4.78, 5) is 27.0. The number of pyridine rings is 2. The van der Waals surface area contributed by atoms with Crippen molar-refractivity contribution in [3.05, 3.63) is 65.6 Å². The van der Waals surface area contributed by atoms with Gasteiger partial charge in [-0.3, -0.25) is 14.2 Å². The molecule has 2 fully saturated rings. The number of nitrogens with one attached hydrogen (secondary N) is 2. The maximum absolute atomic E-state index is 14.7. The van der Waals surface area contributed by atoms with Crippen LogP contribution in [0.15, 0.2) is 34.0 Å². The predicted octanol–water partition coefficient (Wildman–Crippen LogP) is 2.69. The molecule has 1 saturated carbocycles. The van der Waals surface area contributed by atoms with Crippen LogP contribution in [-0.2, 0) is 17.3 Å². The standard InChI is InChI=1S/C23H25FIN5O4S/c1-12-19-16(13-9-29(10-13)35(33,34)26-2)11-30(15-5-6-15)23(32)20(19)21(28(3)22(12)31)27-18-7-4-14(25)8-17(18)24/h4,7-8,11,13,15,26-27H,5-6,9-10H2,1-3H3. The van der Waals surface area contributed by atoms with Crippen LogP contribution in [0.1, 0.15) is 35.9 Å². The van der Waals surface area contributed by atoms with Crippen LogP contribution in [0, 0.1) is 16.3 Å². The number of halogens is 2. The van der Waals surface area contributed by atoms with Crippen molar-refractivity contribution in [2.45, 2.75) is 31.7 Å². The molecule has 1 aliphatic heterocycles. The van der Waals surface area contributed by atoms with Crippen molar-refractivity contribution in [1.82, 2.24) is 18.2 Å². The van der Waals surface area contributed by atoms with E-state index in [4.69, 9.17) is 0 Å². The molecule has 3 aromatic rings. The molecule has 5 rings (SSSR count). The van der Waals surface area contributed by atoms with Gasteiger partial charge in [-0.2, -0.15) is 12.7 Å². The SMILES string of the molecule is CNS(=O)(=O)N1CC(c2cn(C3CC3)c(=O)c3c(Nc4ccc(I)cc4F)n(C)c(=O)c(C)c23)C1. The smallest absolute Gasteiger partial charge is 0.279 e. The second kappa shape index (κ2) is 8.68. The Kier molecular flexibility index (Phi) is 6.05. The molecule has 3 heterocycles. The number of hydrogen-bond acceptors (Lipinski definition) is 5. The first-order valence-corrected chi connectivity index (χ1v) is 13.7. The van der Waals surface area contributed by atoms with Gasteiger partial charge < -0.3 is 9.88 Å². The summed E-state index contributed by atoms with van der Waals surface area (Å²) in [6.45, 7) is 2.15. The molecular weight excluding hydrogens is 588 g/mol. The number of hydrogen-bond donors (Lipinski definition) is 2. The van der Waals surface area contributed by atoms with Gasteiger partial charge in [-0.05, 0) is 66.1 Å². The zero-order valence-corrected chi connectivity index (χ0v) is 22.4. The number of nitrogens with zero attached hydrogens (tertiary/aromatic N) is 3. The fraction of sp³-hybridized carbons (Fsp3) is 0.391. The summed E-state index contributed by atoms with van der Waals surface area (Å²) in [6, 6.07) is 4.74. The average Bonchev–Trinajstić information content (AvgIpc) is 3.61. The highest BCUT2D eigenvalue weighted by atomic mass is 127. The molecule has 1 aromatic carbocycles. The predicted molar refractivity (Wildman–Crippen MR) is 141 cm³/mol. The number of anilines is 2. The van der Waals surface area contributed by atoms with Crippen molar-refractivity contribution in [3.8, 4) is 0 Å². The van der Waals surface area contributed by atoms with Gasteiger partial charge in [0.2, 0.25) is 0 Å². The topological polar surface area (TPSA) is 105 Å². The van der Waals surface area contributed by atoms with Crippen LogP contribution in [0.3, 0.4) is 0 Å².